The summed E-state index contributed by atoms with van der Waals surface area (Å²) in [6.07, 6.45) is 2.79. The molecule has 3 aliphatic rings. The van der Waals surface area contributed by atoms with Crippen LogP contribution in [0.4, 0.5) is 5.69 Å². The van der Waals surface area contributed by atoms with Crippen LogP contribution in [0.1, 0.15) is 18.4 Å². The Kier molecular flexibility index (Phi) is 7.51. The Balaban J connectivity index is 1.16. The number of benzene rings is 1. The van der Waals surface area contributed by atoms with Crippen LogP contribution in [0.25, 0.3) is 0 Å². The summed E-state index contributed by atoms with van der Waals surface area (Å²) in [5, 5.41) is 3.04. The van der Waals surface area contributed by atoms with E-state index in [0.717, 1.165) is 77.9 Å². The minimum Gasteiger partial charge on any atom is -0.379 e. The number of carbonyl (C=O) groups excluding carboxylic acids is 1. The molecule has 0 saturated carbocycles. The van der Waals surface area contributed by atoms with E-state index in [4.69, 9.17) is 9.47 Å². The molecule has 4 rings (SSSR count). The SMILES string of the molecule is O=C(CN1CCN(CC2CCCO2)CC1)Nc1ccc(CN2CCOCC2)cc1. The lowest BCUT2D eigenvalue weighted by molar-refractivity contribution is -0.117. The van der Waals surface area contributed by atoms with Crippen LogP contribution in [0.2, 0.25) is 0 Å². The molecule has 7 heteroatoms. The third-order valence-electron chi connectivity index (χ3n) is 6.07. The second kappa shape index (κ2) is 10.5. The van der Waals surface area contributed by atoms with Gasteiger partial charge >= 0.3 is 0 Å². The first kappa shape index (κ1) is 20.8. The van der Waals surface area contributed by atoms with Crippen LogP contribution in [-0.2, 0) is 20.8 Å². The van der Waals surface area contributed by atoms with Crippen LogP contribution in [0.3, 0.4) is 0 Å². The van der Waals surface area contributed by atoms with Gasteiger partial charge in [0, 0.05) is 64.7 Å². The van der Waals surface area contributed by atoms with Gasteiger partial charge in [-0.15, -0.1) is 0 Å². The van der Waals surface area contributed by atoms with Crippen molar-refractivity contribution in [2.24, 2.45) is 0 Å². The molecule has 0 bridgehead atoms. The summed E-state index contributed by atoms with van der Waals surface area (Å²) < 4.78 is 11.1. The van der Waals surface area contributed by atoms with Gasteiger partial charge in [0.2, 0.25) is 5.91 Å². The van der Waals surface area contributed by atoms with Crippen LogP contribution in [0.15, 0.2) is 24.3 Å². The number of hydrogen-bond donors (Lipinski definition) is 1. The van der Waals surface area contributed by atoms with Crippen molar-refractivity contribution in [3.05, 3.63) is 29.8 Å². The predicted octanol–water partition coefficient (Wildman–Crippen LogP) is 1.25. The molecule has 1 atom stereocenters. The van der Waals surface area contributed by atoms with Crippen LogP contribution < -0.4 is 5.32 Å². The van der Waals surface area contributed by atoms with E-state index < -0.39 is 0 Å². The molecule has 29 heavy (non-hydrogen) atoms. The van der Waals surface area contributed by atoms with Gasteiger partial charge in [0.25, 0.3) is 0 Å². The molecule has 3 aliphatic heterocycles. The van der Waals surface area contributed by atoms with Crippen molar-refractivity contribution < 1.29 is 14.3 Å². The fraction of sp³-hybridized carbons (Fsp3) is 0.682. The Hall–Kier alpha value is -1.51. The van der Waals surface area contributed by atoms with Crippen molar-refractivity contribution in [3.8, 4) is 0 Å². The predicted molar refractivity (Wildman–Crippen MR) is 113 cm³/mol. The van der Waals surface area contributed by atoms with E-state index in [9.17, 15) is 4.79 Å². The summed E-state index contributed by atoms with van der Waals surface area (Å²) in [4.78, 5) is 19.5. The monoisotopic (exact) mass is 402 g/mol. The molecule has 3 fully saturated rings. The highest BCUT2D eigenvalue weighted by Gasteiger charge is 2.23. The van der Waals surface area contributed by atoms with Crippen LogP contribution >= 0.6 is 0 Å². The summed E-state index contributed by atoms with van der Waals surface area (Å²) >= 11 is 0. The average molecular weight is 403 g/mol. The molecule has 1 amide bonds. The normalized spacial score (nSPS) is 24.6. The third-order valence-corrected chi connectivity index (χ3v) is 6.07. The van der Waals surface area contributed by atoms with Crippen molar-refractivity contribution in [3.63, 3.8) is 0 Å². The van der Waals surface area contributed by atoms with Gasteiger partial charge in [0.05, 0.1) is 25.9 Å². The van der Waals surface area contributed by atoms with Gasteiger partial charge in [-0.3, -0.25) is 19.5 Å². The number of anilines is 1. The Bertz CT molecular complexity index is 634. The van der Waals surface area contributed by atoms with Gasteiger partial charge in [-0.05, 0) is 30.5 Å². The first-order chi connectivity index (χ1) is 14.2. The summed E-state index contributed by atoms with van der Waals surface area (Å²) in [5.41, 5.74) is 2.14. The number of nitrogens with one attached hydrogen (secondary N) is 1. The van der Waals surface area contributed by atoms with E-state index in [-0.39, 0.29) is 5.91 Å². The Morgan fingerprint density at radius 2 is 1.66 bits per heavy atom. The molecule has 1 N–H and O–H groups in total. The van der Waals surface area contributed by atoms with Crippen LogP contribution in [0, 0.1) is 0 Å². The lowest BCUT2D eigenvalue weighted by Crippen LogP contribution is -2.50. The minimum absolute atomic E-state index is 0.0681. The maximum atomic E-state index is 12.4. The molecule has 1 aromatic carbocycles. The summed E-state index contributed by atoms with van der Waals surface area (Å²) in [5.74, 6) is 0.0681. The van der Waals surface area contributed by atoms with Crippen molar-refractivity contribution in [1.29, 1.82) is 0 Å². The Labute approximate surface area is 173 Å². The van der Waals surface area contributed by atoms with Gasteiger partial charge in [-0.2, -0.15) is 0 Å². The zero-order valence-electron chi connectivity index (χ0n) is 17.4. The number of carbonyl (C=O) groups is 1. The zero-order chi connectivity index (χ0) is 19.9. The fourth-order valence-electron chi connectivity index (χ4n) is 4.32. The Morgan fingerprint density at radius 3 is 2.34 bits per heavy atom. The number of morpholine rings is 1. The van der Waals surface area contributed by atoms with Gasteiger partial charge in [-0.1, -0.05) is 12.1 Å². The second-order valence-corrected chi connectivity index (χ2v) is 8.35. The first-order valence-electron chi connectivity index (χ1n) is 11.0. The number of hydrogen-bond acceptors (Lipinski definition) is 6. The van der Waals surface area contributed by atoms with Gasteiger partial charge < -0.3 is 14.8 Å². The van der Waals surface area contributed by atoms with Crippen molar-refractivity contribution in [2.75, 3.05) is 77.5 Å². The largest absolute Gasteiger partial charge is 0.379 e. The second-order valence-electron chi connectivity index (χ2n) is 8.35. The number of nitrogens with zero attached hydrogens (tertiary/aromatic N) is 3. The van der Waals surface area contributed by atoms with E-state index in [0.29, 0.717) is 12.6 Å². The fourth-order valence-corrected chi connectivity index (χ4v) is 4.32. The molecule has 3 heterocycles. The maximum Gasteiger partial charge on any atom is 0.238 e. The highest BCUT2D eigenvalue weighted by atomic mass is 16.5. The molecular weight excluding hydrogens is 368 g/mol. The first-order valence-corrected chi connectivity index (χ1v) is 11.0. The smallest absolute Gasteiger partial charge is 0.238 e. The highest BCUT2D eigenvalue weighted by Crippen LogP contribution is 2.15. The molecular formula is C22H34N4O3. The van der Waals surface area contributed by atoms with E-state index in [1.807, 2.05) is 12.1 Å². The highest BCUT2D eigenvalue weighted by molar-refractivity contribution is 5.92. The molecule has 160 valence electrons. The van der Waals surface area contributed by atoms with Gasteiger partial charge in [0.1, 0.15) is 0 Å². The standard InChI is InChI=1S/C22H34N4O3/c27-22(18-25-9-7-24(8-10-25)17-21-2-1-13-29-21)23-20-5-3-19(4-6-20)16-26-11-14-28-15-12-26/h3-6,21H,1-2,7-18H2,(H,23,27). The Morgan fingerprint density at radius 1 is 0.931 bits per heavy atom. The molecule has 0 aliphatic carbocycles. The van der Waals surface area contributed by atoms with E-state index in [1.54, 1.807) is 0 Å². The summed E-state index contributed by atoms with van der Waals surface area (Å²) in [6, 6.07) is 8.23. The lowest BCUT2D eigenvalue weighted by Gasteiger charge is -2.35. The van der Waals surface area contributed by atoms with Crippen LogP contribution in [-0.4, -0.2) is 98.9 Å². The van der Waals surface area contributed by atoms with Crippen molar-refractivity contribution >= 4 is 11.6 Å². The summed E-state index contributed by atoms with van der Waals surface area (Å²) in [6.45, 7) is 10.9. The molecule has 0 aromatic heterocycles. The molecule has 0 spiro atoms. The quantitative estimate of drug-likeness (QED) is 0.741. The van der Waals surface area contributed by atoms with E-state index in [1.165, 1.54) is 18.4 Å². The van der Waals surface area contributed by atoms with E-state index >= 15 is 0 Å². The number of rotatable bonds is 7. The van der Waals surface area contributed by atoms with Gasteiger partial charge in [0.15, 0.2) is 0 Å². The van der Waals surface area contributed by atoms with Crippen molar-refractivity contribution in [1.82, 2.24) is 14.7 Å². The molecule has 0 radical (unpaired) electrons. The zero-order valence-corrected chi connectivity index (χ0v) is 17.4. The van der Waals surface area contributed by atoms with Gasteiger partial charge in [-0.25, -0.2) is 0 Å². The summed E-state index contributed by atoms with van der Waals surface area (Å²) in [7, 11) is 0. The minimum atomic E-state index is 0.0681. The third kappa shape index (κ3) is 6.49. The van der Waals surface area contributed by atoms with Crippen LogP contribution in [0.5, 0.6) is 0 Å². The maximum absolute atomic E-state index is 12.4. The molecule has 1 aromatic rings. The lowest BCUT2D eigenvalue weighted by atomic mass is 10.2. The molecule has 3 saturated heterocycles. The number of piperazine rings is 1. The number of ether oxygens (including phenoxy) is 2. The molecule has 7 nitrogen and oxygen atoms in total. The number of amides is 1. The average Bonchev–Trinajstić information content (AvgIpc) is 3.25. The van der Waals surface area contributed by atoms with Crippen molar-refractivity contribution in [2.45, 2.75) is 25.5 Å². The van der Waals surface area contributed by atoms with E-state index in [2.05, 4.69) is 32.1 Å². The topological polar surface area (TPSA) is 57.3 Å². The molecule has 1 unspecified atom stereocenters.